The molecule has 0 aliphatic carbocycles. The molecule has 1 aliphatic heterocycles. The topological polar surface area (TPSA) is 509 Å². The van der Waals surface area contributed by atoms with Gasteiger partial charge in [0.15, 0.2) is 0 Å². The van der Waals surface area contributed by atoms with Crippen molar-refractivity contribution in [3.63, 3.8) is 0 Å². The van der Waals surface area contributed by atoms with Crippen LogP contribution in [0.15, 0.2) is 146 Å². The maximum Gasteiger partial charge on any atom is 0.488 e. The molecule has 1 aliphatic rings. The number of H-pyrrole nitrogens is 2. The van der Waals surface area contributed by atoms with E-state index in [0.29, 0.717) is 44.1 Å². The number of nitrogens with two attached hydrogens (primary N) is 2. The standard InChI is InChI=1S/C71H80FN13O19S/c1-38(2)61(84-67(96)51(29-41-23-25-44(26-24-41)104-105(72,102)103)79-63(92)50(28-39-14-5-3-6-15-39)78-66(95)54(35-60(89)90)77-62(91)47(73)33-59(87)88)69(98)81-52(31-42-36-75-48-20-11-9-18-45(42)48)64(93)82-55(32-43-37-76-49-21-12-10-19-46(43)49)70(99)85-27-13-22-57(85)68(97)80-53(34-58(74)86)65(94)83-56(71(100)101)30-40-16-7-4-8-17-40/h3-12,14-21,23-26,36-38,47,50-57,61,75-76H,13,22,27-35,73H2,1-2H3,(H2,74,86)(H,77,91)(H,78,95)(H,79,92)(H,80,97)(H,81,98)(H,82,93)(H,83,94)(H,84,96)(H,87,88)(H,89,90)(H,100,101)/t47-,50+,51+,52-,53-,54+,55-,56-,57-,61-/m0/s1. The Morgan fingerprint density at radius 2 is 0.924 bits per heavy atom. The van der Waals surface area contributed by atoms with Crippen molar-refractivity contribution >= 4 is 109 Å². The van der Waals surface area contributed by atoms with E-state index in [0.717, 1.165) is 12.1 Å². The van der Waals surface area contributed by atoms with Crippen molar-refractivity contribution in [2.75, 3.05) is 6.54 Å². The van der Waals surface area contributed by atoms with Crippen LogP contribution in [0.5, 0.6) is 5.75 Å². The molecule has 5 aromatic carbocycles. The van der Waals surface area contributed by atoms with Gasteiger partial charge in [-0.1, -0.05) is 127 Å². The minimum atomic E-state index is -5.51. The molecule has 0 spiro atoms. The number of benzene rings is 5. The fraction of sp³-hybridized carbons (Fsp3) is 0.338. The lowest BCUT2D eigenvalue weighted by molar-refractivity contribution is -0.144. The van der Waals surface area contributed by atoms with Gasteiger partial charge in [0.25, 0.3) is 0 Å². The summed E-state index contributed by atoms with van der Waals surface area (Å²) in [7, 11) is -5.51. The molecule has 3 heterocycles. The Labute approximate surface area is 600 Å². The first-order chi connectivity index (χ1) is 49.9. The summed E-state index contributed by atoms with van der Waals surface area (Å²) in [6.45, 7) is 3.02. The first-order valence-corrected chi connectivity index (χ1v) is 34.6. The first kappa shape index (κ1) is 78.6. The molecule has 556 valence electrons. The number of para-hydroxylation sites is 2. The number of carboxylic acid groups (broad SMARTS) is 3. The molecule has 1 saturated heterocycles. The second-order valence-corrected chi connectivity index (χ2v) is 26.4. The molecular formula is C71H80FN13O19S. The molecule has 2 aromatic heterocycles. The van der Waals surface area contributed by atoms with Gasteiger partial charge in [0.05, 0.1) is 25.3 Å². The molecule has 7 aromatic rings. The number of fused-ring (bicyclic) bond motifs is 2. The number of amides is 10. The maximum absolute atomic E-state index is 15.5. The van der Waals surface area contributed by atoms with E-state index in [1.165, 1.54) is 30.9 Å². The van der Waals surface area contributed by atoms with E-state index in [-0.39, 0.29) is 50.6 Å². The van der Waals surface area contributed by atoms with E-state index in [1.807, 2.05) is 0 Å². The summed E-state index contributed by atoms with van der Waals surface area (Å²) in [5.74, 6) is -16.2. The lowest BCUT2D eigenvalue weighted by atomic mass is 9.98. The number of aromatic nitrogens is 2. The maximum atomic E-state index is 15.5. The number of hydrogen-bond donors (Lipinski definition) is 15. The van der Waals surface area contributed by atoms with Gasteiger partial charge < -0.3 is 88.4 Å². The van der Waals surface area contributed by atoms with E-state index in [1.54, 1.807) is 122 Å². The zero-order chi connectivity index (χ0) is 76.2. The summed E-state index contributed by atoms with van der Waals surface area (Å²) >= 11 is 0. The van der Waals surface area contributed by atoms with Crippen molar-refractivity contribution in [1.29, 1.82) is 0 Å². The van der Waals surface area contributed by atoms with Crippen LogP contribution >= 0.6 is 0 Å². The van der Waals surface area contributed by atoms with Crippen LogP contribution < -0.4 is 58.2 Å². The van der Waals surface area contributed by atoms with Crippen molar-refractivity contribution in [1.82, 2.24) is 57.4 Å². The third kappa shape index (κ3) is 22.7. The van der Waals surface area contributed by atoms with E-state index in [4.69, 9.17) is 11.5 Å². The average molecular weight is 1470 g/mol. The minimum absolute atomic E-state index is 0.0255. The van der Waals surface area contributed by atoms with Gasteiger partial charge in [0, 0.05) is 72.8 Å². The highest BCUT2D eigenvalue weighted by molar-refractivity contribution is 7.81. The molecule has 0 bridgehead atoms. The SMILES string of the molecule is CC(C)[C@H](NC(=O)[C@@H](Cc1ccc(OS(=O)(=O)F)cc1)NC(=O)[C@@H](Cc1ccccc1)NC(=O)[C@@H](CC(=O)O)NC(=O)[C@@H](N)CC(=O)O)C(=O)N[C@@H](Cc1c[nH]c2ccccc12)C(=O)N[C@@H](Cc1c[nH]c2ccccc12)C(=O)N1CCC[C@H]1C(=O)N[C@@H](CC(N)=O)C(=O)N[C@@H](Cc1ccccc1)C(=O)O. The van der Waals surface area contributed by atoms with E-state index in [9.17, 15) is 70.8 Å². The Bertz CT molecular complexity index is 4460. The molecule has 1 fully saturated rings. The Hall–Kier alpha value is -12.1. The number of likely N-dealkylation sites (tertiary alicyclic amines) is 1. The highest BCUT2D eigenvalue weighted by Gasteiger charge is 2.42. The van der Waals surface area contributed by atoms with Gasteiger partial charge in [-0.2, -0.15) is 8.42 Å². The van der Waals surface area contributed by atoms with Crippen molar-refractivity contribution < 1.29 is 94.1 Å². The van der Waals surface area contributed by atoms with Crippen LogP contribution in [0.4, 0.5) is 3.89 Å². The summed E-state index contributed by atoms with van der Waals surface area (Å²) < 4.78 is 40.7. The Balaban J connectivity index is 1.09. The van der Waals surface area contributed by atoms with Crippen molar-refractivity contribution in [2.24, 2.45) is 17.4 Å². The Morgan fingerprint density at radius 1 is 0.505 bits per heavy atom. The number of carbonyl (C=O) groups is 13. The third-order valence-corrected chi connectivity index (χ3v) is 17.7. The van der Waals surface area contributed by atoms with Crippen molar-refractivity contribution in [3.05, 3.63) is 174 Å². The fourth-order valence-corrected chi connectivity index (χ4v) is 12.4. The summed E-state index contributed by atoms with van der Waals surface area (Å²) in [6, 6.07) is 18.5. The van der Waals surface area contributed by atoms with Gasteiger partial charge in [-0.05, 0) is 70.8 Å². The quantitative estimate of drug-likeness (QED) is 0.0236. The highest BCUT2D eigenvalue weighted by Crippen LogP contribution is 2.26. The Kier molecular flexibility index (Phi) is 27.1. The number of primary amides is 1. The van der Waals surface area contributed by atoms with Gasteiger partial charge in [-0.15, -0.1) is 0 Å². The molecule has 0 radical (unpaired) electrons. The molecular weight excluding hydrogens is 1390 g/mol. The molecule has 10 amide bonds. The third-order valence-electron chi connectivity index (χ3n) is 17.3. The van der Waals surface area contributed by atoms with Crippen LogP contribution in [0.2, 0.25) is 0 Å². The molecule has 8 rings (SSSR count). The van der Waals surface area contributed by atoms with E-state index >= 15 is 19.2 Å². The highest BCUT2D eigenvalue weighted by atomic mass is 32.3. The van der Waals surface area contributed by atoms with Crippen LogP contribution in [0.25, 0.3) is 21.8 Å². The monoisotopic (exact) mass is 1470 g/mol. The largest absolute Gasteiger partial charge is 0.488 e. The fourth-order valence-electron chi connectivity index (χ4n) is 12.1. The molecule has 0 unspecified atom stereocenters. The van der Waals surface area contributed by atoms with E-state index < -0.39 is 185 Å². The number of halogens is 1. The lowest BCUT2D eigenvalue weighted by Crippen LogP contribution is -2.62. The summed E-state index contributed by atoms with van der Waals surface area (Å²) in [6.07, 6.45) is -0.771. The molecule has 32 nitrogen and oxygen atoms in total. The number of nitrogens with one attached hydrogen (secondary N) is 10. The predicted molar refractivity (Wildman–Crippen MR) is 374 cm³/mol. The van der Waals surface area contributed by atoms with Crippen LogP contribution in [0.3, 0.4) is 0 Å². The summed E-state index contributed by atoms with van der Waals surface area (Å²) in [5.41, 5.74) is 14.7. The average Bonchev–Trinajstić information content (AvgIpc) is 1.62. The molecule has 17 N–H and O–H groups in total. The second kappa shape index (κ2) is 36.2. The smallest absolute Gasteiger partial charge is 0.481 e. The van der Waals surface area contributed by atoms with Crippen molar-refractivity contribution in [3.8, 4) is 5.75 Å². The zero-order valence-electron chi connectivity index (χ0n) is 56.7. The second-order valence-electron chi connectivity index (χ2n) is 25.5. The number of aliphatic carboxylic acids is 3. The number of carboxylic acids is 3. The van der Waals surface area contributed by atoms with Crippen LogP contribution in [-0.4, -0.2) is 183 Å². The van der Waals surface area contributed by atoms with Crippen LogP contribution in [0, 0.1) is 5.92 Å². The first-order valence-electron chi connectivity index (χ1n) is 33.2. The Morgan fingerprint density at radius 3 is 1.42 bits per heavy atom. The molecule has 34 heteroatoms. The molecule has 105 heavy (non-hydrogen) atoms. The van der Waals surface area contributed by atoms with Gasteiger partial charge >= 0.3 is 28.4 Å². The predicted octanol–water partition coefficient (Wildman–Crippen LogP) is 0.518. The van der Waals surface area contributed by atoms with Crippen LogP contribution in [0.1, 0.15) is 73.8 Å². The summed E-state index contributed by atoms with van der Waals surface area (Å²) in [4.78, 5) is 187. The normalized spacial score (nSPS) is 15.4. The van der Waals surface area contributed by atoms with E-state index in [2.05, 4.69) is 56.7 Å². The van der Waals surface area contributed by atoms with Gasteiger partial charge in [0.2, 0.25) is 59.1 Å². The number of carbonyl (C=O) groups excluding carboxylic acids is 10. The lowest BCUT2D eigenvalue weighted by Gasteiger charge is -2.31. The van der Waals surface area contributed by atoms with Gasteiger partial charge in [-0.3, -0.25) is 57.5 Å². The number of hydrogen-bond acceptors (Lipinski definition) is 17. The molecule has 0 saturated carbocycles. The van der Waals surface area contributed by atoms with Crippen molar-refractivity contribution in [2.45, 2.75) is 138 Å². The minimum Gasteiger partial charge on any atom is -0.481 e. The van der Waals surface area contributed by atoms with Gasteiger partial charge in [0.1, 0.15) is 60.1 Å². The number of aromatic amines is 2. The summed E-state index contributed by atoms with van der Waals surface area (Å²) in [5, 5.41) is 50.6. The molecule has 10 atom stereocenters. The van der Waals surface area contributed by atoms with Gasteiger partial charge in [-0.25, -0.2) is 4.79 Å². The number of nitrogens with zero attached hydrogens (tertiary/aromatic N) is 1. The van der Waals surface area contributed by atoms with Crippen LogP contribution in [-0.2, 0) is 105 Å². The zero-order valence-corrected chi connectivity index (χ0v) is 57.6. The number of rotatable bonds is 37.